The van der Waals surface area contributed by atoms with Crippen LogP contribution in [0, 0.1) is 11.3 Å². The normalized spacial score (nSPS) is 10.3. The van der Waals surface area contributed by atoms with Crippen LogP contribution in [-0.4, -0.2) is 20.3 Å². The first kappa shape index (κ1) is 15.2. The smallest absolute Gasteiger partial charge is 0.158 e. The molecule has 5 N–H and O–H groups in total. The van der Waals surface area contributed by atoms with Crippen LogP contribution in [0.3, 0.4) is 0 Å². The van der Waals surface area contributed by atoms with E-state index in [1.54, 1.807) is 24.3 Å². The molecule has 0 aliphatic rings. The van der Waals surface area contributed by atoms with Gasteiger partial charge in [-0.25, -0.2) is 4.98 Å². The van der Waals surface area contributed by atoms with E-state index in [2.05, 4.69) is 4.98 Å². The number of phenols is 3. The van der Waals surface area contributed by atoms with E-state index in [9.17, 15) is 20.6 Å². The number of nitriles is 1. The number of phenolic OH excluding ortho intramolecular Hbond substituents is 3. The van der Waals surface area contributed by atoms with E-state index < -0.39 is 0 Å². The number of rotatable bonds is 2. The summed E-state index contributed by atoms with van der Waals surface area (Å²) in [4.78, 5) is 4.23. The average Bonchev–Trinajstić information content (AvgIpc) is 2.57. The Hall–Kier alpha value is -3.72. The molecule has 1 heterocycles. The molecule has 0 amide bonds. The minimum absolute atomic E-state index is 0.0608. The molecule has 6 heteroatoms. The molecular weight excluding hydrogens is 306 g/mol. The fourth-order valence-corrected chi connectivity index (χ4v) is 2.38. The molecule has 0 bridgehead atoms. The van der Waals surface area contributed by atoms with Crippen LogP contribution in [0.5, 0.6) is 17.2 Å². The Labute approximate surface area is 137 Å². The quantitative estimate of drug-likeness (QED) is 0.538. The number of nitrogens with zero attached hydrogens (tertiary/aromatic N) is 2. The number of hydrogen-bond acceptors (Lipinski definition) is 6. The van der Waals surface area contributed by atoms with Gasteiger partial charge >= 0.3 is 0 Å². The van der Waals surface area contributed by atoms with Gasteiger partial charge in [0, 0.05) is 11.1 Å². The maximum atomic E-state index is 9.70. The first-order chi connectivity index (χ1) is 11.5. The van der Waals surface area contributed by atoms with Gasteiger partial charge in [-0.1, -0.05) is 6.07 Å². The topological polar surface area (TPSA) is 123 Å². The molecule has 0 saturated heterocycles. The molecule has 1 aromatic heterocycles. The zero-order valence-electron chi connectivity index (χ0n) is 12.4. The molecule has 0 saturated carbocycles. The van der Waals surface area contributed by atoms with Gasteiger partial charge in [0.1, 0.15) is 23.2 Å². The number of anilines is 1. The molecule has 0 unspecified atom stereocenters. The van der Waals surface area contributed by atoms with Gasteiger partial charge in [0.05, 0.1) is 5.69 Å². The lowest BCUT2D eigenvalue weighted by molar-refractivity contribution is 0.404. The molecular formula is C18H13N3O3. The number of pyridine rings is 1. The molecule has 3 aromatic rings. The van der Waals surface area contributed by atoms with Gasteiger partial charge in [-0.3, -0.25) is 0 Å². The zero-order chi connectivity index (χ0) is 17.3. The maximum Gasteiger partial charge on any atom is 0.158 e. The third-order valence-electron chi connectivity index (χ3n) is 3.61. The Balaban J connectivity index is 2.22. The van der Waals surface area contributed by atoms with Crippen LogP contribution < -0.4 is 5.73 Å². The Morgan fingerprint density at radius 1 is 0.875 bits per heavy atom. The van der Waals surface area contributed by atoms with Gasteiger partial charge in [-0.05, 0) is 48.0 Å². The Morgan fingerprint density at radius 3 is 2.17 bits per heavy atom. The van der Waals surface area contributed by atoms with Gasteiger partial charge in [0.2, 0.25) is 0 Å². The lowest BCUT2D eigenvalue weighted by Crippen LogP contribution is -1.99. The number of aromatic nitrogens is 1. The predicted molar refractivity (Wildman–Crippen MR) is 89.2 cm³/mol. The van der Waals surface area contributed by atoms with E-state index in [1.807, 2.05) is 6.07 Å². The summed E-state index contributed by atoms with van der Waals surface area (Å²) in [6.45, 7) is 0. The van der Waals surface area contributed by atoms with E-state index in [0.29, 0.717) is 22.4 Å². The first-order valence-corrected chi connectivity index (χ1v) is 7.02. The monoisotopic (exact) mass is 319 g/mol. The van der Waals surface area contributed by atoms with E-state index in [4.69, 9.17) is 5.73 Å². The number of hydrogen-bond donors (Lipinski definition) is 4. The number of aromatic hydroxyl groups is 3. The molecule has 6 nitrogen and oxygen atoms in total. The van der Waals surface area contributed by atoms with E-state index in [-0.39, 0.29) is 28.6 Å². The second-order valence-corrected chi connectivity index (χ2v) is 5.18. The lowest BCUT2D eigenvalue weighted by Gasteiger charge is -2.11. The zero-order valence-corrected chi connectivity index (χ0v) is 12.4. The molecule has 2 aromatic carbocycles. The summed E-state index contributed by atoms with van der Waals surface area (Å²) in [5.74, 6) is -0.356. The minimum atomic E-state index is -0.294. The maximum absolute atomic E-state index is 9.70. The Morgan fingerprint density at radius 2 is 1.54 bits per heavy atom. The van der Waals surface area contributed by atoms with Gasteiger partial charge in [0.15, 0.2) is 11.5 Å². The minimum Gasteiger partial charge on any atom is -0.508 e. The first-order valence-electron chi connectivity index (χ1n) is 7.02. The van der Waals surface area contributed by atoms with Crippen molar-refractivity contribution in [2.24, 2.45) is 0 Å². The van der Waals surface area contributed by atoms with E-state index in [0.717, 1.165) is 0 Å². The highest BCUT2D eigenvalue weighted by atomic mass is 16.3. The van der Waals surface area contributed by atoms with Crippen LogP contribution >= 0.6 is 0 Å². The summed E-state index contributed by atoms with van der Waals surface area (Å²) in [7, 11) is 0. The summed E-state index contributed by atoms with van der Waals surface area (Å²) >= 11 is 0. The standard InChI is InChI=1S/C18H13N3O3/c19-9-14-13(11-3-6-16(23)17(24)7-11)8-15(21-18(14)20)10-1-4-12(22)5-2-10/h1-8,22-24H,(H2,20,21). The molecule has 0 aliphatic heterocycles. The van der Waals surface area contributed by atoms with Gasteiger partial charge in [-0.15, -0.1) is 0 Å². The number of benzene rings is 2. The fourth-order valence-electron chi connectivity index (χ4n) is 2.38. The van der Waals surface area contributed by atoms with Crippen LogP contribution in [-0.2, 0) is 0 Å². The van der Waals surface area contributed by atoms with Crippen molar-refractivity contribution in [3.05, 3.63) is 54.1 Å². The lowest BCUT2D eigenvalue weighted by atomic mass is 9.98. The van der Waals surface area contributed by atoms with E-state index in [1.165, 1.54) is 24.3 Å². The summed E-state index contributed by atoms with van der Waals surface area (Å²) in [6, 6.07) is 14.4. The number of nitrogens with two attached hydrogens (primary N) is 1. The van der Waals surface area contributed by atoms with Crippen molar-refractivity contribution in [3.8, 4) is 45.7 Å². The van der Waals surface area contributed by atoms with Crippen LogP contribution in [0.25, 0.3) is 22.4 Å². The molecule has 3 rings (SSSR count). The summed E-state index contributed by atoms with van der Waals surface area (Å²) < 4.78 is 0. The molecule has 0 radical (unpaired) electrons. The molecule has 0 aliphatic carbocycles. The summed E-state index contributed by atoms with van der Waals surface area (Å²) in [5, 5.41) is 37.9. The average molecular weight is 319 g/mol. The molecule has 24 heavy (non-hydrogen) atoms. The van der Waals surface area contributed by atoms with Crippen molar-refractivity contribution < 1.29 is 15.3 Å². The van der Waals surface area contributed by atoms with Crippen LogP contribution in [0.15, 0.2) is 48.5 Å². The largest absolute Gasteiger partial charge is 0.508 e. The third-order valence-corrected chi connectivity index (χ3v) is 3.61. The summed E-state index contributed by atoms with van der Waals surface area (Å²) in [5.41, 5.74) is 8.34. The van der Waals surface area contributed by atoms with Crippen LogP contribution in [0.1, 0.15) is 5.56 Å². The Bertz CT molecular complexity index is 960. The summed E-state index contributed by atoms with van der Waals surface area (Å²) in [6.07, 6.45) is 0. The highest BCUT2D eigenvalue weighted by Gasteiger charge is 2.14. The SMILES string of the molecule is N#Cc1c(-c2ccc(O)c(O)c2)cc(-c2ccc(O)cc2)nc1N. The molecule has 0 atom stereocenters. The van der Waals surface area contributed by atoms with Crippen LogP contribution in [0.2, 0.25) is 0 Å². The van der Waals surface area contributed by atoms with Crippen LogP contribution in [0.4, 0.5) is 5.82 Å². The molecule has 0 fully saturated rings. The molecule has 118 valence electrons. The highest BCUT2D eigenvalue weighted by Crippen LogP contribution is 2.35. The van der Waals surface area contributed by atoms with Gasteiger partial charge < -0.3 is 21.1 Å². The van der Waals surface area contributed by atoms with Crippen molar-refractivity contribution in [2.75, 3.05) is 5.73 Å². The van der Waals surface area contributed by atoms with Crippen molar-refractivity contribution in [2.45, 2.75) is 0 Å². The van der Waals surface area contributed by atoms with Crippen molar-refractivity contribution in [1.29, 1.82) is 5.26 Å². The van der Waals surface area contributed by atoms with Crippen molar-refractivity contribution >= 4 is 5.82 Å². The number of nitrogen functional groups attached to an aromatic ring is 1. The second-order valence-electron chi connectivity index (χ2n) is 5.18. The van der Waals surface area contributed by atoms with Gasteiger partial charge in [-0.2, -0.15) is 5.26 Å². The third kappa shape index (κ3) is 2.66. The van der Waals surface area contributed by atoms with Gasteiger partial charge in [0.25, 0.3) is 0 Å². The predicted octanol–water partition coefficient (Wildman–Crippen LogP) is 2.99. The molecule has 0 spiro atoms. The second kappa shape index (κ2) is 5.82. The van der Waals surface area contributed by atoms with E-state index >= 15 is 0 Å². The van der Waals surface area contributed by atoms with Crippen molar-refractivity contribution in [3.63, 3.8) is 0 Å². The Kier molecular flexibility index (Phi) is 3.68. The highest BCUT2D eigenvalue weighted by molar-refractivity contribution is 5.81. The fraction of sp³-hybridized carbons (Fsp3) is 0. The van der Waals surface area contributed by atoms with Crippen molar-refractivity contribution in [1.82, 2.24) is 4.98 Å².